The first kappa shape index (κ1) is 18.5. The van der Waals surface area contributed by atoms with Crippen LogP contribution >= 0.6 is 15.9 Å². The third-order valence-corrected chi connectivity index (χ3v) is 5.34. The number of benzene rings is 2. The van der Waals surface area contributed by atoms with E-state index in [-0.39, 0.29) is 17.9 Å². The molecule has 3 aromatic rings. The van der Waals surface area contributed by atoms with E-state index in [1.807, 2.05) is 36.4 Å². The number of pyridine rings is 1. The summed E-state index contributed by atoms with van der Waals surface area (Å²) in [6.07, 6.45) is 1.15. The lowest BCUT2D eigenvalue weighted by molar-refractivity contribution is -0.136. The van der Waals surface area contributed by atoms with Crippen molar-refractivity contribution in [3.63, 3.8) is 0 Å². The summed E-state index contributed by atoms with van der Waals surface area (Å²) in [6, 6.07) is 19.8. The number of aromatic nitrogens is 1. The fourth-order valence-electron chi connectivity index (χ4n) is 3.47. The van der Waals surface area contributed by atoms with Gasteiger partial charge in [0.2, 0.25) is 0 Å². The normalized spacial score (nSPS) is 18.2. The molecule has 1 atom stereocenters. The number of anilines is 1. The van der Waals surface area contributed by atoms with E-state index in [4.69, 9.17) is 0 Å². The quantitative estimate of drug-likeness (QED) is 0.616. The van der Waals surface area contributed by atoms with Gasteiger partial charge in [-0.3, -0.25) is 14.6 Å². The molecule has 28 heavy (non-hydrogen) atoms. The highest BCUT2D eigenvalue weighted by atomic mass is 79.9. The van der Waals surface area contributed by atoms with Crippen LogP contribution in [0.3, 0.4) is 0 Å². The predicted molar refractivity (Wildman–Crippen MR) is 109 cm³/mol. The molecule has 0 spiro atoms. The monoisotopic (exact) mass is 436 g/mol. The molecule has 0 saturated carbocycles. The van der Waals surface area contributed by atoms with Crippen molar-refractivity contribution < 1.29 is 14.7 Å². The minimum atomic E-state index is -1.93. The van der Waals surface area contributed by atoms with Crippen LogP contribution in [0.1, 0.15) is 28.0 Å². The van der Waals surface area contributed by atoms with E-state index in [9.17, 15) is 14.7 Å². The van der Waals surface area contributed by atoms with Gasteiger partial charge in [0.05, 0.1) is 18.7 Å². The first-order valence-corrected chi connectivity index (χ1v) is 9.61. The van der Waals surface area contributed by atoms with Crippen molar-refractivity contribution >= 4 is 33.3 Å². The molecule has 5 nitrogen and oxygen atoms in total. The second-order valence-corrected chi connectivity index (χ2v) is 7.63. The van der Waals surface area contributed by atoms with Crippen LogP contribution < -0.4 is 4.90 Å². The molecule has 1 aliphatic heterocycles. The van der Waals surface area contributed by atoms with Crippen molar-refractivity contribution in [1.82, 2.24) is 4.98 Å². The number of fused-ring (bicyclic) bond motifs is 1. The van der Waals surface area contributed by atoms with Gasteiger partial charge < -0.3 is 10.0 Å². The first-order valence-electron chi connectivity index (χ1n) is 8.81. The van der Waals surface area contributed by atoms with Crippen molar-refractivity contribution in [2.75, 3.05) is 4.90 Å². The summed E-state index contributed by atoms with van der Waals surface area (Å²) < 4.78 is 0.726. The van der Waals surface area contributed by atoms with Crippen molar-refractivity contribution in [3.8, 4) is 0 Å². The summed E-state index contributed by atoms with van der Waals surface area (Å²) in [7, 11) is 0. The molecule has 0 fully saturated rings. The number of aliphatic hydroxyl groups is 1. The zero-order valence-corrected chi connectivity index (χ0v) is 16.5. The van der Waals surface area contributed by atoms with Gasteiger partial charge in [0, 0.05) is 16.2 Å². The Bertz CT molecular complexity index is 1040. The van der Waals surface area contributed by atoms with Crippen molar-refractivity contribution in [1.29, 1.82) is 0 Å². The van der Waals surface area contributed by atoms with Gasteiger partial charge >= 0.3 is 0 Å². The molecule has 2 aromatic carbocycles. The summed E-state index contributed by atoms with van der Waals surface area (Å²) in [5.41, 5.74) is 0.259. The number of halogens is 1. The van der Waals surface area contributed by atoms with Gasteiger partial charge in [-0.2, -0.15) is 0 Å². The van der Waals surface area contributed by atoms with E-state index in [0.29, 0.717) is 17.8 Å². The van der Waals surface area contributed by atoms with Crippen LogP contribution in [-0.2, 0) is 16.9 Å². The number of amides is 1. The molecule has 4 rings (SSSR count). The Morgan fingerprint density at radius 3 is 2.54 bits per heavy atom. The predicted octanol–water partition coefficient (Wildman–Crippen LogP) is 3.85. The summed E-state index contributed by atoms with van der Waals surface area (Å²) >= 11 is 3.40. The van der Waals surface area contributed by atoms with Crippen molar-refractivity contribution in [3.05, 3.63) is 94.2 Å². The fraction of sp³-hybridized carbons (Fsp3) is 0.136. The molecular formula is C22H17BrN2O3. The lowest BCUT2D eigenvalue weighted by Crippen LogP contribution is -2.41. The highest BCUT2D eigenvalue weighted by molar-refractivity contribution is 9.10. The third-order valence-electron chi connectivity index (χ3n) is 4.84. The average Bonchev–Trinajstić information content (AvgIpc) is 2.91. The topological polar surface area (TPSA) is 70.5 Å². The summed E-state index contributed by atoms with van der Waals surface area (Å²) in [5.74, 6) is -0.891. The molecule has 0 radical (unpaired) electrons. The lowest BCUT2D eigenvalue weighted by atomic mass is 9.89. The van der Waals surface area contributed by atoms with Gasteiger partial charge in [-0.1, -0.05) is 52.3 Å². The Morgan fingerprint density at radius 1 is 1.07 bits per heavy atom. The van der Waals surface area contributed by atoms with Crippen LogP contribution in [0.15, 0.2) is 77.4 Å². The molecule has 1 amide bonds. The lowest BCUT2D eigenvalue weighted by Gasteiger charge is -2.22. The van der Waals surface area contributed by atoms with Crippen LogP contribution in [0, 0.1) is 0 Å². The van der Waals surface area contributed by atoms with E-state index in [1.165, 1.54) is 11.1 Å². The Morgan fingerprint density at radius 2 is 1.82 bits per heavy atom. The molecule has 0 aliphatic carbocycles. The summed E-state index contributed by atoms with van der Waals surface area (Å²) in [6.45, 7) is 0.314. The molecule has 1 aliphatic rings. The molecular weight excluding hydrogens is 420 g/mol. The van der Waals surface area contributed by atoms with Crippen molar-refractivity contribution in [2.45, 2.75) is 18.6 Å². The molecule has 6 heteroatoms. The maximum atomic E-state index is 13.3. The smallest absolute Gasteiger partial charge is 0.264 e. The van der Waals surface area contributed by atoms with Gasteiger partial charge in [0.15, 0.2) is 11.4 Å². The highest BCUT2D eigenvalue weighted by Gasteiger charge is 2.51. The van der Waals surface area contributed by atoms with Crippen LogP contribution in [0.2, 0.25) is 0 Å². The molecule has 0 saturated heterocycles. The summed E-state index contributed by atoms with van der Waals surface area (Å²) in [4.78, 5) is 31.5. The van der Waals surface area contributed by atoms with Gasteiger partial charge in [0.1, 0.15) is 5.69 Å². The maximum Gasteiger partial charge on any atom is 0.264 e. The Hall–Kier alpha value is -2.83. The highest BCUT2D eigenvalue weighted by Crippen LogP contribution is 2.44. The molecule has 1 aromatic heterocycles. The number of carbonyl (C=O) groups is 2. The van der Waals surface area contributed by atoms with E-state index in [1.54, 1.807) is 30.3 Å². The number of nitrogens with zero attached hydrogens (tertiary/aromatic N) is 2. The second-order valence-electron chi connectivity index (χ2n) is 6.71. The first-order chi connectivity index (χ1) is 13.5. The molecule has 0 unspecified atom stereocenters. The second kappa shape index (κ2) is 7.30. The van der Waals surface area contributed by atoms with Gasteiger partial charge in [-0.05, 0) is 35.9 Å². The molecule has 0 bridgehead atoms. The number of Topliss-reactive ketones (excluding diaryl/α,β-unsaturated/α-hetero) is 1. The Labute approximate surface area is 170 Å². The minimum Gasteiger partial charge on any atom is -0.375 e. The molecule has 1 N–H and O–H groups in total. The summed E-state index contributed by atoms with van der Waals surface area (Å²) in [5, 5.41) is 11.4. The van der Waals surface area contributed by atoms with E-state index in [0.717, 1.165) is 10.0 Å². The van der Waals surface area contributed by atoms with E-state index < -0.39 is 11.5 Å². The number of hydrogen-bond donors (Lipinski definition) is 1. The van der Waals surface area contributed by atoms with Crippen molar-refractivity contribution in [2.24, 2.45) is 0 Å². The van der Waals surface area contributed by atoms with Crippen LogP contribution in [0.4, 0.5) is 5.69 Å². The van der Waals surface area contributed by atoms with Gasteiger partial charge in [0.25, 0.3) is 5.91 Å². The standard InChI is InChI=1S/C22H17BrN2O3/c23-16-9-10-19-17(12-16)22(28,13-20(26)18-8-4-5-11-24-18)21(27)25(19)14-15-6-2-1-3-7-15/h1-12,28H,13-14H2/t22-/m1/s1. The van der Waals surface area contributed by atoms with Crippen LogP contribution in [0.25, 0.3) is 0 Å². The fourth-order valence-corrected chi connectivity index (χ4v) is 3.83. The molecule has 140 valence electrons. The average molecular weight is 437 g/mol. The minimum absolute atomic E-state index is 0.224. The van der Waals surface area contributed by atoms with Gasteiger partial charge in [-0.25, -0.2) is 0 Å². The van der Waals surface area contributed by atoms with E-state index in [2.05, 4.69) is 20.9 Å². The zero-order valence-electron chi connectivity index (χ0n) is 14.9. The zero-order chi connectivity index (χ0) is 19.7. The molecule has 2 heterocycles. The third kappa shape index (κ3) is 3.25. The van der Waals surface area contributed by atoms with Gasteiger partial charge in [-0.15, -0.1) is 0 Å². The Kier molecular flexibility index (Phi) is 4.83. The SMILES string of the molecule is O=C(C[C@]1(O)C(=O)N(Cc2ccccc2)c2ccc(Br)cc21)c1ccccn1. The number of hydrogen-bond acceptors (Lipinski definition) is 4. The Balaban J connectivity index is 1.72. The van der Waals surface area contributed by atoms with Crippen LogP contribution in [0.5, 0.6) is 0 Å². The number of carbonyl (C=O) groups excluding carboxylic acids is 2. The maximum absolute atomic E-state index is 13.3. The number of ketones is 1. The largest absolute Gasteiger partial charge is 0.375 e. The van der Waals surface area contributed by atoms with Crippen LogP contribution in [-0.4, -0.2) is 21.8 Å². The number of rotatable bonds is 5. The van der Waals surface area contributed by atoms with E-state index >= 15 is 0 Å².